The molecular formula is C24H24ClFN2O3S2. The Bertz CT molecular complexity index is 1180. The molecule has 0 aromatic heterocycles. The van der Waals surface area contributed by atoms with Gasteiger partial charge < -0.3 is 5.32 Å². The van der Waals surface area contributed by atoms with Crippen LogP contribution in [-0.4, -0.2) is 33.2 Å². The molecular weight excluding hydrogens is 483 g/mol. The summed E-state index contributed by atoms with van der Waals surface area (Å²) in [6.07, 6.45) is 0.674. The quantitative estimate of drug-likeness (QED) is 0.367. The lowest BCUT2D eigenvalue weighted by molar-refractivity contribution is -0.119. The molecule has 0 saturated carbocycles. The summed E-state index contributed by atoms with van der Waals surface area (Å²) in [5.74, 6) is 0.639. The topological polar surface area (TPSA) is 66.5 Å². The van der Waals surface area contributed by atoms with E-state index in [1.54, 1.807) is 66.4 Å². The van der Waals surface area contributed by atoms with E-state index in [2.05, 4.69) is 5.32 Å². The van der Waals surface area contributed by atoms with Gasteiger partial charge in [0.15, 0.2) is 0 Å². The molecule has 0 heterocycles. The zero-order valence-electron chi connectivity index (χ0n) is 17.8. The number of nitrogens with zero attached hydrogens (tertiary/aromatic N) is 1. The van der Waals surface area contributed by atoms with Crippen LogP contribution < -0.4 is 9.62 Å². The van der Waals surface area contributed by atoms with Gasteiger partial charge in [-0.25, -0.2) is 12.8 Å². The predicted molar refractivity (Wildman–Crippen MR) is 133 cm³/mol. The molecule has 0 aliphatic carbocycles. The van der Waals surface area contributed by atoms with Crippen LogP contribution in [0.5, 0.6) is 0 Å². The second-order valence-corrected chi connectivity index (χ2v) is 10.6. The highest BCUT2D eigenvalue weighted by Crippen LogP contribution is 2.26. The summed E-state index contributed by atoms with van der Waals surface area (Å²) in [6.45, 7) is 0.0117. The largest absolute Gasteiger partial charge is 0.354 e. The van der Waals surface area contributed by atoms with Crippen molar-refractivity contribution in [3.05, 3.63) is 95.3 Å². The van der Waals surface area contributed by atoms with Gasteiger partial charge >= 0.3 is 0 Å². The predicted octanol–water partition coefficient (Wildman–Crippen LogP) is 5.11. The minimum atomic E-state index is -3.97. The van der Waals surface area contributed by atoms with E-state index < -0.39 is 15.9 Å². The van der Waals surface area contributed by atoms with Crippen LogP contribution in [0.4, 0.5) is 10.1 Å². The highest BCUT2D eigenvalue weighted by molar-refractivity contribution is 7.98. The molecule has 0 fully saturated rings. The summed E-state index contributed by atoms with van der Waals surface area (Å²) < 4.78 is 41.1. The van der Waals surface area contributed by atoms with Crippen LogP contribution in [0.25, 0.3) is 0 Å². The zero-order valence-corrected chi connectivity index (χ0v) is 20.2. The first-order chi connectivity index (χ1) is 15.9. The van der Waals surface area contributed by atoms with Gasteiger partial charge in [-0.15, -0.1) is 0 Å². The molecule has 5 nitrogen and oxygen atoms in total. The number of amides is 1. The number of hydrogen-bond donors (Lipinski definition) is 1. The molecule has 0 aliphatic rings. The third-order valence-corrected chi connectivity index (χ3v) is 7.83. The van der Waals surface area contributed by atoms with Crippen molar-refractivity contribution in [2.75, 3.05) is 23.1 Å². The van der Waals surface area contributed by atoms with Crippen molar-refractivity contribution in [2.45, 2.75) is 17.1 Å². The highest BCUT2D eigenvalue weighted by Gasteiger charge is 2.27. The Labute approximate surface area is 203 Å². The van der Waals surface area contributed by atoms with E-state index in [-0.39, 0.29) is 17.3 Å². The maximum atomic E-state index is 13.6. The average Bonchev–Trinajstić information content (AvgIpc) is 2.81. The third kappa shape index (κ3) is 7.22. The molecule has 0 aliphatic heterocycles. The molecule has 3 aromatic carbocycles. The van der Waals surface area contributed by atoms with Crippen LogP contribution in [0, 0.1) is 5.82 Å². The van der Waals surface area contributed by atoms with Gasteiger partial charge in [-0.3, -0.25) is 9.10 Å². The van der Waals surface area contributed by atoms with E-state index in [1.807, 2.05) is 0 Å². The normalized spacial score (nSPS) is 11.2. The summed E-state index contributed by atoms with van der Waals surface area (Å²) in [4.78, 5) is 12.7. The Morgan fingerprint density at radius 2 is 1.73 bits per heavy atom. The van der Waals surface area contributed by atoms with Gasteiger partial charge in [0.05, 0.1) is 10.6 Å². The summed E-state index contributed by atoms with van der Waals surface area (Å²) in [7, 11) is -3.97. The molecule has 0 spiro atoms. The molecule has 9 heteroatoms. The Hall–Kier alpha value is -2.55. The van der Waals surface area contributed by atoms with Crippen molar-refractivity contribution >= 4 is 45.0 Å². The highest BCUT2D eigenvalue weighted by atomic mass is 35.5. The minimum absolute atomic E-state index is 0.0855. The van der Waals surface area contributed by atoms with Crippen molar-refractivity contribution in [1.82, 2.24) is 5.32 Å². The Morgan fingerprint density at radius 1 is 1.00 bits per heavy atom. The molecule has 3 rings (SSSR count). The summed E-state index contributed by atoms with van der Waals surface area (Å²) in [6, 6.07) is 21.0. The number of halogens is 2. The van der Waals surface area contributed by atoms with Gasteiger partial charge in [-0.1, -0.05) is 54.1 Å². The number of thioether (sulfide) groups is 1. The lowest BCUT2D eigenvalue weighted by atomic mass is 10.2. The molecule has 0 radical (unpaired) electrons. The average molecular weight is 507 g/mol. The smallest absolute Gasteiger partial charge is 0.264 e. The van der Waals surface area contributed by atoms with Crippen molar-refractivity contribution in [2.24, 2.45) is 0 Å². The number of rotatable bonds is 11. The van der Waals surface area contributed by atoms with Gasteiger partial charge in [-0.2, -0.15) is 11.8 Å². The first-order valence-corrected chi connectivity index (χ1v) is 13.3. The molecule has 1 amide bonds. The zero-order chi connectivity index (χ0) is 23.7. The second kappa shape index (κ2) is 12.1. The van der Waals surface area contributed by atoms with E-state index in [1.165, 1.54) is 24.3 Å². The number of nitrogens with one attached hydrogen (secondary N) is 1. The fourth-order valence-corrected chi connectivity index (χ4v) is 5.62. The molecule has 0 atom stereocenters. The van der Waals surface area contributed by atoms with E-state index in [9.17, 15) is 17.6 Å². The van der Waals surface area contributed by atoms with Gasteiger partial charge in [0, 0.05) is 17.3 Å². The maximum Gasteiger partial charge on any atom is 0.264 e. The van der Waals surface area contributed by atoms with Gasteiger partial charge in [0.1, 0.15) is 12.4 Å². The molecule has 0 saturated heterocycles. The van der Waals surface area contributed by atoms with E-state index in [4.69, 9.17) is 11.6 Å². The van der Waals surface area contributed by atoms with Crippen LogP contribution in [0.15, 0.2) is 83.8 Å². The molecule has 0 unspecified atom stereocenters. The number of anilines is 1. The number of hydrogen-bond acceptors (Lipinski definition) is 4. The third-order valence-electron chi connectivity index (χ3n) is 4.72. The van der Waals surface area contributed by atoms with E-state index in [0.717, 1.165) is 10.1 Å². The van der Waals surface area contributed by atoms with Gasteiger partial charge in [-0.05, 0) is 54.1 Å². The van der Waals surface area contributed by atoms with Crippen molar-refractivity contribution < 1.29 is 17.6 Å². The van der Waals surface area contributed by atoms with E-state index >= 15 is 0 Å². The minimum Gasteiger partial charge on any atom is -0.354 e. The van der Waals surface area contributed by atoms with Crippen molar-refractivity contribution in [3.8, 4) is 0 Å². The van der Waals surface area contributed by atoms with Crippen LogP contribution in [-0.2, 0) is 20.6 Å². The maximum absolute atomic E-state index is 13.6. The lowest BCUT2D eigenvalue weighted by Gasteiger charge is -2.24. The van der Waals surface area contributed by atoms with Crippen LogP contribution in [0.1, 0.15) is 12.0 Å². The monoisotopic (exact) mass is 506 g/mol. The Balaban J connectivity index is 1.57. The number of carbonyl (C=O) groups excluding carboxylic acids is 1. The van der Waals surface area contributed by atoms with E-state index in [0.29, 0.717) is 35.0 Å². The molecule has 174 valence electrons. The standard InChI is InChI=1S/C24H24ClFN2O3S2/c25-20-9-6-10-21(16-20)28(33(30,31)22-11-2-1-3-12-22)17-24(29)27-14-7-15-32-18-19-8-4-5-13-23(19)26/h1-6,8-13,16H,7,14-15,17-18H2,(H,27,29). The van der Waals surface area contributed by atoms with Gasteiger partial charge in [0.2, 0.25) is 5.91 Å². The first-order valence-electron chi connectivity index (χ1n) is 10.3. The fourth-order valence-electron chi connectivity index (χ4n) is 3.05. The van der Waals surface area contributed by atoms with Gasteiger partial charge in [0.25, 0.3) is 10.0 Å². The van der Waals surface area contributed by atoms with Crippen LogP contribution >= 0.6 is 23.4 Å². The van der Waals surface area contributed by atoms with Crippen molar-refractivity contribution in [1.29, 1.82) is 0 Å². The Kier molecular flexibility index (Phi) is 9.17. The molecule has 3 aromatic rings. The Morgan fingerprint density at radius 3 is 2.45 bits per heavy atom. The number of benzene rings is 3. The number of sulfonamides is 1. The summed E-state index contributed by atoms with van der Waals surface area (Å²) in [5, 5.41) is 3.13. The summed E-state index contributed by atoms with van der Waals surface area (Å²) in [5.41, 5.74) is 0.955. The second-order valence-electron chi connectivity index (χ2n) is 7.15. The van der Waals surface area contributed by atoms with Crippen molar-refractivity contribution in [3.63, 3.8) is 0 Å². The SMILES string of the molecule is O=C(CN(c1cccc(Cl)c1)S(=O)(=O)c1ccccc1)NCCCSCc1ccccc1F. The van der Waals surface area contributed by atoms with Crippen LogP contribution in [0.2, 0.25) is 5.02 Å². The number of carbonyl (C=O) groups is 1. The summed E-state index contributed by atoms with van der Waals surface area (Å²) >= 11 is 7.63. The molecule has 1 N–H and O–H groups in total. The molecule has 0 bridgehead atoms. The fraction of sp³-hybridized carbons (Fsp3) is 0.208. The lowest BCUT2D eigenvalue weighted by Crippen LogP contribution is -2.41. The van der Waals surface area contributed by atoms with Crippen LogP contribution in [0.3, 0.4) is 0 Å². The first kappa shape index (κ1) is 25.1. The molecule has 33 heavy (non-hydrogen) atoms.